The fraction of sp³-hybridized carbons (Fsp3) is 0.676. The summed E-state index contributed by atoms with van der Waals surface area (Å²) in [6.07, 6.45) is 38.2. The molecule has 0 fully saturated rings. The second-order valence-electron chi connectivity index (χ2n) is 11.5. The van der Waals surface area contributed by atoms with Gasteiger partial charge in [-0.1, -0.05) is 105 Å². The first-order valence-corrected chi connectivity index (χ1v) is 16.5. The Kier molecular flexibility index (Phi) is 23.3. The van der Waals surface area contributed by atoms with Crippen LogP contribution >= 0.6 is 0 Å². The standard InChI is InChI=1S/C37H64N/c1-4-7-10-13-16-19-22-28-33-38(36-37-31-26-25-27-32-37,34-29-23-20-17-14-11-8-5-2)35-30-24-21-18-15-12-9-6-3/h4-9,25-27,31-32H,10-24,28-30,33-36H2,1-3H3/q+1/b7-4+,8-5+,9-6+. The van der Waals surface area contributed by atoms with Crippen molar-refractivity contribution in [1.82, 2.24) is 0 Å². The molecule has 1 heteroatoms. The molecule has 0 aliphatic heterocycles. The molecule has 1 rings (SSSR count). The highest BCUT2D eigenvalue weighted by Gasteiger charge is 2.26. The Morgan fingerprint density at radius 3 is 1.16 bits per heavy atom. The van der Waals surface area contributed by atoms with E-state index in [9.17, 15) is 0 Å². The lowest BCUT2D eigenvalue weighted by Crippen LogP contribution is -2.49. The molecule has 0 atom stereocenters. The van der Waals surface area contributed by atoms with Crippen LogP contribution in [0.15, 0.2) is 66.8 Å². The maximum Gasteiger partial charge on any atom is 0.104 e. The summed E-state index contributed by atoms with van der Waals surface area (Å²) in [5, 5.41) is 0. The molecular weight excluding hydrogens is 458 g/mol. The van der Waals surface area contributed by atoms with E-state index in [1.165, 1.54) is 152 Å². The summed E-state index contributed by atoms with van der Waals surface area (Å²) in [6, 6.07) is 11.4. The Balaban J connectivity index is 2.67. The normalized spacial score (nSPS) is 12.5. The fourth-order valence-corrected chi connectivity index (χ4v) is 5.76. The molecular formula is C37H64N+. The van der Waals surface area contributed by atoms with Crippen LogP contribution in [0.1, 0.15) is 142 Å². The molecule has 0 aliphatic rings. The summed E-state index contributed by atoms with van der Waals surface area (Å²) >= 11 is 0. The van der Waals surface area contributed by atoms with E-state index in [4.69, 9.17) is 0 Å². The smallest absolute Gasteiger partial charge is 0.104 e. The largest absolute Gasteiger partial charge is 0.320 e. The van der Waals surface area contributed by atoms with Crippen LogP contribution in [0.25, 0.3) is 0 Å². The molecule has 0 bridgehead atoms. The third-order valence-corrected chi connectivity index (χ3v) is 8.08. The predicted octanol–water partition coefficient (Wildman–Crippen LogP) is 11.8. The second-order valence-corrected chi connectivity index (χ2v) is 11.5. The highest BCUT2D eigenvalue weighted by Crippen LogP contribution is 2.22. The Morgan fingerprint density at radius 1 is 0.447 bits per heavy atom. The Hall–Kier alpha value is -1.60. The van der Waals surface area contributed by atoms with Gasteiger partial charge in [0.15, 0.2) is 0 Å². The molecule has 0 radical (unpaired) electrons. The van der Waals surface area contributed by atoms with E-state index in [0.29, 0.717) is 0 Å². The zero-order valence-corrected chi connectivity index (χ0v) is 25.9. The van der Waals surface area contributed by atoms with Gasteiger partial charge in [0, 0.05) is 5.56 Å². The molecule has 216 valence electrons. The van der Waals surface area contributed by atoms with Gasteiger partial charge >= 0.3 is 0 Å². The molecule has 38 heavy (non-hydrogen) atoms. The minimum absolute atomic E-state index is 1.23. The van der Waals surface area contributed by atoms with Gasteiger partial charge in [-0.25, -0.2) is 0 Å². The molecule has 1 aromatic rings. The molecule has 0 saturated carbocycles. The van der Waals surface area contributed by atoms with E-state index in [1.54, 1.807) is 0 Å². The van der Waals surface area contributed by atoms with Crippen molar-refractivity contribution < 1.29 is 4.48 Å². The van der Waals surface area contributed by atoms with Gasteiger partial charge in [0.1, 0.15) is 6.54 Å². The number of nitrogens with zero attached hydrogens (tertiary/aromatic N) is 1. The van der Waals surface area contributed by atoms with Crippen LogP contribution in [0.4, 0.5) is 0 Å². The molecule has 0 saturated heterocycles. The number of quaternary nitrogens is 1. The first-order chi connectivity index (χ1) is 18.8. The number of hydrogen-bond acceptors (Lipinski definition) is 0. The first-order valence-electron chi connectivity index (χ1n) is 16.5. The molecule has 0 unspecified atom stereocenters. The second kappa shape index (κ2) is 25.7. The van der Waals surface area contributed by atoms with Crippen molar-refractivity contribution in [3.05, 3.63) is 72.4 Å². The highest BCUT2D eigenvalue weighted by molar-refractivity contribution is 5.13. The lowest BCUT2D eigenvalue weighted by molar-refractivity contribution is -0.941. The average molecular weight is 523 g/mol. The van der Waals surface area contributed by atoms with Crippen molar-refractivity contribution in [1.29, 1.82) is 0 Å². The SMILES string of the molecule is C/C=C/CCCCCCC[N+](CCCCCCC/C=C/C)(CCCCCCC/C=C/C)Cc1ccccc1. The minimum Gasteiger partial charge on any atom is -0.320 e. The lowest BCUT2D eigenvalue weighted by Gasteiger charge is -2.39. The van der Waals surface area contributed by atoms with Crippen LogP contribution in [0, 0.1) is 0 Å². The van der Waals surface area contributed by atoms with E-state index in [1.807, 2.05) is 0 Å². The maximum absolute atomic E-state index is 2.37. The van der Waals surface area contributed by atoms with Gasteiger partial charge in [0.25, 0.3) is 0 Å². The molecule has 0 amide bonds. The number of allylic oxidation sites excluding steroid dienone is 6. The van der Waals surface area contributed by atoms with Crippen molar-refractivity contribution in [2.45, 2.75) is 143 Å². The van der Waals surface area contributed by atoms with Gasteiger partial charge in [0.05, 0.1) is 19.6 Å². The molecule has 0 N–H and O–H groups in total. The zero-order valence-electron chi connectivity index (χ0n) is 25.9. The monoisotopic (exact) mass is 523 g/mol. The maximum atomic E-state index is 2.37. The summed E-state index contributed by atoms with van der Waals surface area (Å²) in [7, 11) is 0. The van der Waals surface area contributed by atoms with Gasteiger partial charge in [-0.3, -0.25) is 0 Å². The van der Waals surface area contributed by atoms with Gasteiger partial charge in [0.2, 0.25) is 0 Å². The van der Waals surface area contributed by atoms with E-state index in [2.05, 4.69) is 87.6 Å². The van der Waals surface area contributed by atoms with Crippen molar-refractivity contribution in [2.75, 3.05) is 19.6 Å². The molecule has 1 aromatic carbocycles. The predicted molar refractivity (Wildman–Crippen MR) is 173 cm³/mol. The summed E-state index contributed by atoms with van der Waals surface area (Å²) in [6.45, 7) is 11.7. The van der Waals surface area contributed by atoms with Crippen LogP contribution in [-0.4, -0.2) is 24.1 Å². The summed E-state index contributed by atoms with van der Waals surface area (Å²) in [5.41, 5.74) is 1.54. The zero-order chi connectivity index (χ0) is 27.4. The fourth-order valence-electron chi connectivity index (χ4n) is 5.76. The minimum atomic E-state index is 1.23. The van der Waals surface area contributed by atoms with Crippen LogP contribution in [0.2, 0.25) is 0 Å². The summed E-state index contributed by atoms with van der Waals surface area (Å²) in [4.78, 5) is 0. The van der Waals surface area contributed by atoms with Crippen LogP contribution in [-0.2, 0) is 6.54 Å². The summed E-state index contributed by atoms with van der Waals surface area (Å²) < 4.78 is 1.32. The summed E-state index contributed by atoms with van der Waals surface area (Å²) in [5.74, 6) is 0. The van der Waals surface area contributed by atoms with E-state index >= 15 is 0 Å². The Labute approximate surface area is 239 Å². The third kappa shape index (κ3) is 19.5. The number of rotatable bonds is 26. The van der Waals surface area contributed by atoms with E-state index in [0.717, 1.165) is 0 Å². The van der Waals surface area contributed by atoms with Crippen LogP contribution in [0.3, 0.4) is 0 Å². The number of hydrogen-bond donors (Lipinski definition) is 0. The van der Waals surface area contributed by atoms with Gasteiger partial charge < -0.3 is 4.48 Å². The van der Waals surface area contributed by atoms with Crippen molar-refractivity contribution in [3.63, 3.8) is 0 Å². The van der Waals surface area contributed by atoms with Gasteiger partial charge in [-0.15, -0.1) is 0 Å². The molecule has 0 aliphatic carbocycles. The Morgan fingerprint density at radius 2 is 0.789 bits per heavy atom. The molecule has 0 heterocycles. The molecule has 1 nitrogen and oxygen atoms in total. The Bertz CT molecular complexity index is 634. The van der Waals surface area contributed by atoms with Crippen molar-refractivity contribution >= 4 is 0 Å². The number of benzene rings is 1. The van der Waals surface area contributed by atoms with E-state index < -0.39 is 0 Å². The molecule has 0 spiro atoms. The van der Waals surface area contributed by atoms with Gasteiger partial charge in [-0.05, 0) is 97.8 Å². The van der Waals surface area contributed by atoms with Crippen molar-refractivity contribution in [2.24, 2.45) is 0 Å². The van der Waals surface area contributed by atoms with Crippen LogP contribution < -0.4 is 0 Å². The highest BCUT2D eigenvalue weighted by atomic mass is 15.3. The first kappa shape index (κ1) is 34.4. The topological polar surface area (TPSA) is 0 Å². The average Bonchev–Trinajstić information content (AvgIpc) is 2.93. The van der Waals surface area contributed by atoms with E-state index in [-0.39, 0.29) is 0 Å². The number of unbranched alkanes of at least 4 members (excludes halogenated alkanes) is 15. The molecule has 0 aromatic heterocycles. The quantitative estimate of drug-likeness (QED) is 0.0644. The lowest BCUT2D eigenvalue weighted by atomic mass is 10.0. The van der Waals surface area contributed by atoms with Crippen LogP contribution in [0.5, 0.6) is 0 Å². The third-order valence-electron chi connectivity index (χ3n) is 8.08. The van der Waals surface area contributed by atoms with Crippen molar-refractivity contribution in [3.8, 4) is 0 Å². The van der Waals surface area contributed by atoms with Gasteiger partial charge in [-0.2, -0.15) is 0 Å².